The van der Waals surface area contributed by atoms with Crippen molar-refractivity contribution < 1.29 is 0 Å². The zero-order valence-corrected chi connectivity index (χ0v) is 9.49. The Balaban J connectivity index is 2.24. The highest BCUT2D eigenvalue weighted by Gasteiger charge is 2.02. The molecule has 0 amide bonds. The molecule has 2 heterocycles. The SMILES string of the molecule is Brc1cncnc1Sc1ccncc1. The van der Waals surface area contributed by atoms with Gasteiger partial charge in [-0.1, -0.05) is 11.8 Å². The summed E-state index contributed by atoms with van der Waals surface area (Å²) in [6.45, 7) is 0. The van der Waals surface area contributed by atoms with Gasteiger partial charge in [0.25, 0.3) is 0 Å². The van der Waals surface area contributed by atoms with Gasteiger partial charge in [0.2, 0.25) is 0 Å². The van der Waals surface area contributed by atoms with Gasteiger partial charge in [0.1, 0.15) is 11.4 Å². The quantitative estimate of drug-likeness (QED) is 0.785. The summed E-state index contributed by atoms with van der Waals surface area (Å²) < 4.78 is 0.904. The molecule has 3 nitrogen and oxygen atoms in total. The van der Waals surface area contributed by atoms with E-state index in [0.29, 0.717) is 0 Å². The van der Waals surface area contributed by atoms with E-state index >= 15 is 0 Å². The molecular weight excluding hydrogens is 262 g/mol. The van der Waals surface area contributed by atoms with Gasteiger partial charge in [0.15, 0.2) is 0 Å². The maximum atomic E-state index is 4.16. The maximum Gasteiger partial charge on any atom is 0.118 e. The molecule has 2 aromatic rings. The molecule has 0 aliphatic rings. The average Bonchev–Trinajstić information content (AvgIpc) is 2.23. The Labute approximate surface area is 94.1 Å². The molecular formula is C9H6BrN3S. The Morgan fingerprint density at radius 1 is 1.14 bits per heavy atom. The summed E-state index contributed by atoms with van der Waals surface area (Å²) in [6.07, 6.45) is 6.79. The van der Waals surface area contributed by atoms with Gasteiger partial charge in [-0.05, 0) is 28.1 Å². The first-order valence-electron chi connectivity index (χ1n) is 3.89. The van der Waals surface area contributed by atoms with Crippen LogP contribution in [-0.2, 0) is 0 Å². The van der Waals surface area contributed by atoms with Crippen LogP contribution in [0.4, 0.5) is 0 Å². The molecule has 2 aromatic heterocycles. The lowest BCUT2D eigenvalue weighted by molar-refractivity contribution is 1.02. The molecule has 14 heavy (non-hydrogen) atoms. The third-order valence-corrected chi connectivity index (χ3v) is 3.37. The third kappa shape index (κ3) is 2.30. The van der Waals surface area contributed by atoms with Crippen LogP contribution < -0.4 is 0 Å². The van der Waals surface area contributed by atoms with Gasteiger partial charge in [-0.2, -0.15) is 0 Å². The minimum absolute atomic E-state index is 0.904. The van der Waals surface area contributed by atoms with Crippen LogP contribution in [0, 0.1) is 0 Å². The number of aromatic nitrogens is 3. The van der Waals surface area contributed by atoms with Crippen molar-refractivity contribution in [2.75, 3.05) is 0 Å². The van der Waals surface area contributed by atoms with Crippen LogP contribution in [0.3, 0.4) is 0 Å². The minimum Gasteiger partial charge on any atom is -0.265 e. The zero-order valence-electron chi connectivity index (χ0n) is 7.09. The van der Waals surface area contributed by atoms with E-state index in [1.807, 2.05) is 12.1 Å². The smallest absolute Gasteiger partial charge is 0.118 e. The number of nitrogens with zero attached hydrogens (tertiary/aromatic N) is 3. The van der Waals surface area contributed by atoms with Gasteiger partial charge in [0.05, 0.1) is 4.47 Å². The van der Waals surface area contributed by atoms with E-state index in [-0.39, 0.29) is 0 Å². The van der Waals surface area contributed by atoms with Gasteiger partial charge in [-0.25, -0.2) is 9.97 Å². The Morgan fingerprint density at radius 2 is 1.93 bits per heavy atom. The molecule has 0 spiro atoms. The van der Waals surface area contributed by atoms with Crippen molar-refractivity contribution in [3.05, 3.63) is 41.5 Å². The second-order valence-corrected chi connectivity index (χ2v) is 4.38. The van der Waals surface area contributed by atoms with Crippen LogP contribution in [0.25, 0.3) is 0 Å². The van der Waals surface area contributed by atoms with E-state index in [1.165, 1.54) is 6.33 Å². The predicted molar refractivity (Wildman–Crippen MR) is 58.1 cm³/mol. The highest BCUT2D eigenvalue weighted by Crippen LogP contribution is 2.30. The Bertz CT molecular complexity index is 421. The molecule has 0 aliphatic heterocycles. The summed E-state index contributed by atoms with van der Waals surface area (Å²) in [5.41, 5.74) is 0. The van der Waals surface area contributed by atoms with Gasteiger partial charge in [0, 0.05) is 23.5 Å². The average molecular weight is 268 g/mol. The number of hydrogen-bond donors (Lipinski definition) is 0. The first kappa shape index (κ1) is 9.61. The van der Waals surface area contributed by atoms with Crippen molar-refractivity contribution in [2.45, 2.75) is 9.92 Å². The zero-order chi connectivity index (χ0) is 9.80. The summed E-state index contributed by atoms with van der Waals surface area (Å²) >= 11 is 4.97. The minimum atomic E-state index is 0.904. The van der Waals surface area contributed by atoms with E-state index in [2.05, 4.69) is 30.9 Å². The van der Waals surface area contributed by atoms with Crippen molar-refractivity contribution >= 4 is 27.7 Å². The van der Waals surface area contributed by atoms with Crippen LogP contribution in [0.5, 0.6) is 0 Å². The largest absolute Gasteiger partial charge is 0.265 e. The maximum absolute atomic E-state index is 4.16. The fourth-order valence-corrected chi connectivity index (χ4v) is 2.09. The Hall–Kier alpha value is -0.940. The van der Waals surface area contributed by atoms with Gasteiger partial charge >= 0.3 is 0 Å². The van der Waals surface area contributed by atoms with Crippen molar-refractivity contribution in [1.29, 1.82) is 0 Å². The fraction of sp³-hybridized carbons (Fsp3) is 0. The Kier molecular flexibility index (Phi) is 3.10. The summed E-state index contributed by atoms with van der Waals surface area (Å²) in [5.74, 6) is 0. The van der Waals surface area contributed by atoms with Gasteiger partial charge < -0.3 is 0 Å². The highest BCUT2D eigenvalue weighted by molar-refractivity contribution is 9.10. The van der Waals surface area contributed by atoms with Crippen molar-refractivity contribution in [2.24, 2.45) is 0 Å². The molecule has 0 unspecified atom stereocenters. The standard InChI is InChI=1S/C9H6BrN3S/c10-8-5-12-6-13-9(8)14-7-1-3-11-4-2-7/h1-6H. The number of rotatable bonds is 2. The molecule has 0 aromatic carbocycles. The lowest BCUT2D eigenvalue weighted by Gasteiger charge is -2.00. The summed E-state index contributed by atoms with van der Waals surface area (Å²) in [7, 11) is 0. The lowest BCUT2D eigenvalue weighted by atomic mass is 10.5. The molecule has 0 saturated carbocycles. The van der Waals surface area contributed by atoms with Crippen molar-refractivity contribution in [3.8, 4) is 0 Å². The van der Waals surface area contributed by atoms with E-state index < -0.39 is 0 Å². The molecule has 0 aliphatic carbocycles. The van der Waals surface area contributed by atoms with E-state index in [4.69, 9.17) is 0 Å². The van der Waals surface area contributed by atoms with Crippen LogP contribution in [0.2, 0.25) is 0 Å². The summed E-state index contributed by atoms with van der Waals surface area (Å²) in [4.78, 5) is 13.1. The first-order chi connectivity index (χ1) is 6.86. The van der Waals surface area contributed by atoms with Gasteiger partial charge in [-0.3, -0.25) is 4.98 Å². The van der Waals surface area contributed by atoms with E-state index in [0.717, 1.165) is 14.4 Å². The molecule has 2 rings (SSSR count). The molecule has 0 radical (unpaired) electrons. The van der Waals surface area contributed by atoms with Gasteiger partial charge in [-0.15, -0.1) is 0 Å². The van der Waals surface area contributed by atoms with E-state index in [1.54, 1.807) is 30.4 Å². The molecule has 0 bridgehead atoms. The first-order valence-corrected chi connectivity index (χ1v) is 5.50. The van der Waals surface area contributed by atoms with Crippen molar-refractivity contribution in [1.82, 2.24) is 15.0 Å². The summed E-state index contributed by atoms with van der Waals surface area (Å²) in [6, 6.07) is 3.89. The second-order valence-electron chi connectivity index (χ2n) is 2.46. The predicted octanol–water partition coefficient (Wildman–Crippen LogP) is 2.79. The lowest BCUT2D eigenvalue weighted by Crippen LogP contribution is -1.83. The molecule has 0 fully saturated rings. The topological polar surface area (TPSA) is 38.7 Å². The highest BCUT2D eigenvalue weighted by atomic mass is 79.9. The molecule has 70 valence electrons. The number of pyridine rings is 1. The molecule has 0 N–H and O–H groups in total. The van der Waals surface area contributed by atoms with Crippen LogP contribution in [0.15, 0.2) is 51.4 Å². The fourth-order valence-electron chi connectivity index (χ4n) is 0.894. The van der Waals surface area contributed by atoms with Crippen molar-refractivity contribution in [3.63, 3.8) is 0 Å². The monoisotopic (exact) mass is 267 g/mol. The summed E-state index contributed by atoms with van der Waals surface area (Å²) in [5, 5.41) is 0.909. The van der Waals surface area contributed by atoms with Crippen LogP contribution >= 0.6 is 27.7 Å². The van der Waals surface area contributed by atoms with Crippen LogP contribution in [-0.4, -0.2) is 15.0 Å². The third-order valence-electron chi connectivity index (χ3n) is 1.50. The Morgan fingerprint density at radius 3 is 2.64 bits per heavy atom. The molecule has 0 saturated heterocycles. The number of hydrogen-bond acceptors (Lipinski definition) is 4. The van der Waals surface area contributed by atoms with Crippen LogP contribution in [0.1, 0.15) is 0 Å². The molecule has 0 atom stereocenters. The van der Waals surface area contributed by atoms with E-state index in [9.17, 15) is 0 Å². The normalized spacial score (nSPS) is 10.1. The second kappa shape index (κ2) is 4.52. The molecule has 5 heteroatoms. The number of halogens is 1.